The van der Waals surface area contributed by atoms with Crippen molar-refractivity contribution in [2.45, 2.75) is 29.9 Å². The van der Waals surface area contributed by atoms with Crippen molar-refractivity contribution in [2.75, 3.05) is 25.4 Å². The van der Waals surface area contributed by atoms with Crippen molar-refractivity contribution in [1.29, 1.82) is 0 Å². The number of amides is 1. The Labute approximate surface area is 184 Å². The lowest BCUT2D eigenvalue weighted by Gasteiger charge is -2.30. The van der Waals surface area contributed by atoms with E-state index in [0.717, 1.165) is 5.56 Å². The monoisotopic (exact) mass is 464 g/mol. The number of nitrogens with one attached hydrogen (secondary N) is 1. The SMILES string of the molecule is O=C(NCCCS(=O)(=O)c1ccccc1)C1CCN(S(=O)(=O)Cc2ccccc2)CC1. The molecule has 2 aromatic rings. The molecule has 0 spiro atoms. The van der Waals surface area contributed by atoms with Crippen LogP contribution >= 0.6 is 0 Å². The molecular weight excluding hydrogens is 436 g/mol. The Kier molecular flexibility index (Phi) is 7.85. The number of piperidine rings is 1. The van der Waals surface area contributed by atoms with Crippen LogP contribution in [0, 0.1) is 5.92 Å². The standard InChI is InChI=1S/C22H28N2O5S2/c25-22(23-14-7-17-30(26,27)21-10-5-2-6-11-21)20-12-15-24(16-13-20)31(28,29)18-19-8-3-1-4-9-19/h1-6,8-11,20H,7,12-18H2,(H,23,25). The molecule has 1 heterocycles. The first-order valence-corrected chi connectivity index (χ1v) is 13.6. The molecule has 9 heteroatoms. The molecular formula is C22H28N2O5S2. The minimum atomic E-state index is -3.41. The second kappa shape index (κ2) is 10.4. The molecule has 1 N–H and O–H groups in total. The zero-order valence-electron chi connectivity index (χ0n) is 17.3. The van der Waals surface area contributed by atoms with E-state index in [1.807, 2.05) is 18.2 Å². The number of nitrogens with zero attached hydrogens (tertiary/aromatic N) is 1. The molecule has 168 valence electrons. The van der Waals surface area contributed by atoms with Gasteiger partial charge in [0.05, 0.1) is 16.4 Å². The molecule has 0 aliphatic carbocycles. The minimum absolute atomic E-state index is 0.0343. The Balaban J connectivity index is 1.41. The molecule has 1 aliphatic heterocycles. The van der Waals surface area contributed by atoms with Gasteiger partial charge in [-0.15, -0.1) is 0 Å². The van der Waals surface area contributed by atoms with Gasteiger partial charge in [-0.1, -0.05) is 48.5 Å². The topological polar surface area (TPSA) is 101 Å². The summed E-state index contributed by atoms with van der Waals surface area (Å²) >= 11 is 0. The van der Waals surface area contributed by atoms with Crippen molar-refractivity contribution in [3.05, 3.63) is 66.2 Å². The fraction of sp³-hybridized carbons (Fsp3) is 0.409. The van der Waals surface area contributed by atoms with Crippen LogP contribution in [0.25, 0.3) is 0 Å². The Bertz CT molecular complexity index is 1060. The van der Waals surface area contributed by atoms with Gasteiger partial charge in [0.25, 0.3) is 0 Å². The van der Waals surface area contributed by atoms with Crippen LogP contribution in [0.5, 0.6) is 0 Å². The van der Waals surface area contributed by atoms with Crippen molar-refractivity contribution in [3.63, 3.8) is 0 Å². The van der Waals surface area contributed by atoms with Gasteiger partial charge in [0.1, 0.15) is 0 Å². The van der Waals surface area contributed by atoms with Gasteiger partial charge in [-0.2, -0.15) is 0 Å². The largest absolute Gasteiger partial charge is 0.356 e. The van der Waals surface area contributed by atoms with Crippen LogP contribution in [0.4, 0.5) is 0 Å². The zero-order valence-corrected chi connectivity index (χ0v) is 18.9. The van der Waals surface area contributed by atoms with Gasteiger partial charge < -0.3 is 5.32 Å². The van der Waals surface area contributed by atoms with Gasteiger partial charge in [-0.3, -0.25) is 4.79 Å². The second-order valence-electron chi connectivity index (χ2n) is 7.69. The van der Waals surface area contributed by atoms with Crippen molar-refractivity contribution in [1.82, 2.24) is 9.62 Å². The lowest BCUT2D eigenvalue weighted by Crippen LogP contribution is -2.43. The summed E-state index contributed by atoms with van der Waals surface area (Å²) in [5.41, 5.74) is 0.743. The zero-order chi connectivity index (χ0) is 22.3. The van der Waals surface area contributed by atoms with Crippen LogP contribution in [0.2, 0.25) is 0 Å². The van der Waals surface area contributed by atoms with Crippen LogP contribution in [0.3, 0.4) is 0 Å². The van der Waals surface area contributed by atoms with E-state index in [9.17, 15) is 21.6 Å². The summed E-state index contributed by atoms with van der Waals surface area (Å²) in [7, 11) is -6.77. The summed E-state index contributed by atoms with van der Waals surface area (Å²) in [5, 5.41) is 2.80. The third-order valence-corrected chi connectivity index (χ3v) is 9.07. The average molecular weight is 465 g/mol. The smallest absolute Gasteiger partial charge is 0.223 e. The highest BCUT2D eigenvalue weighted by Gasteiger charge is 2.31. The Hall–Kier alpha value is -2.23. The number of hydrogen-bond donors (Lipinski definition) is 1. The predicted molar refractivity (Wildman–Crippen MR) is 119 cm³/mol. The first kappa shape index (κ1) is 23.4. The quantitative estimate of drug-likeness (QED) is 0.574. The van der Waals surface area contributed by atoms with Crippen LogP contribution < -0.4 is 5.32 Å². The molecule has 1 aliphatic rings. The maximum Gasteiger partial charge on any atom is 0.223 e. The van der Waals surface area contributed by atoms with Crippen molar-refractivity contribution in [2.24, 2.45) is 5.92 Å². The number of rotatable bonds is 9. The van der Waals surface area contributed by atoms with E-state index in [0.29, 0.717) is 32.4 Å². The number of benzene rings is 2. The van der Waals surface area contributed by atoms with Crippen LogP contribution in [-0.2, 0) is 30.4 Å². The third-order valence-electron chi connectivity index (χ3n) is 5.40. The molecule has 0 atom stereocenters. The van der Waals surface area contributed by atoms with E-state index >= 15 is 0 Å². The predicted octanol–water partition coefficient (Wildman–Crippen LogP) is 2.21. The van der Waals surface area contributed by atoms with E-state index in [4.69, 9.17) is 0 Å². The first-order chi connectivity index (χ1) is 14.8. The lowest BCUT2D eigenvalue weighted by molar-refractivity contribution is -0.126. The maximum absolute atomic E-state index is 12.6. The summed E-state index contributed by atoms with van der Waals surface area (Å²) in [4.78, 5) is 12.7. The number of sulfonamides is 1. The van der Waals surface area contributed by atoms with E-state index in [2.05, 4.69) is 5.32 Å². The second-order valence-corrected chi connectivity index (χ2v) is 11.8. The number of carbonyl (C=O) groups excluding carboxylic acids is 1. The van der Waals surface area contributed by atoms with E-state index < -0.39 is 19.9 Å². The Morgan fingerprint density at radius 3 is 2.10 bits per heavy atom. The van der Waals surface area contributed by atoms with Gasteiger partial charge in [0, 0.05) is 25.6 Å². The molecule has 0 aromatic heterocycles. The van der Waals surface area contributed by atoms with Crippen molar-refractivity contribution < 1.29 is 21.6 Å². The molecule has 31 heavy (non-hydrogen) atoms. The van der Waals surface area contributed by atoms with Gasteiger partial charge >= 0.3 is 0 Å². The molecule has 1 fully saturated rings. The average Bonchev–Trinajstić information content (AvgIpc) is 2.78. The normalized spacial score (nSPS) is 16.1. The van der Waals surface area contributed by atoms with Crippen LogP contribution in [0.15, 0.2) is 65.6 Å². The van der Waals surface area contributed by atoms with Crippen molar-refractivity contribution >= 4 is 25.8 Å². The van der Waals surface area contributed by atoms with E-state index in [1.54, 1.807) is 42.5 Å². The Morgan fingerprint density at radius 1 is 0.903 bits per heavy atom. The highest BCUT2D eigenvalue weighted by molar-refractivity contribution is 7.91. The molecule has 0 saturated carbocycles. The van der Waals surface area contributed by atoms with Gasteiger partial charge in [0.15, 0.2) is 9.84 Å². The first-order valence-electron chi connectivity index (χ1n) is 10.4. The molecule has 0 unspecified atom stereocenters. The number of sulfone groups is 1. The summed E-state index contributed by atoms with van der Waals surface area (Å²) in [5.74, 6) is -0.472. The fourth-order valence-corrected chi connectivity index (χ4v) is 6.53. The third kappa shape index (κ3) is 6.62. The molecule has 1 saturated heterocycles. The minimum Gasteiger partial charge on any atom is -0.356 e. The molecule has 0 bridgehead atoms. The van der Waals surface area contributed by atoms with E-state index in [1.165, 1.54) is 4.31 Å². The molecule has 0 radical (unpaired) electrons. The maximum atomic E-state index is 12.6. The summed E-state index contributed by atoms with van der Waals surface area (Å²) < 4.78 is 51.2. The number of carbonyl (C=O) groups is 1. The van der Waals surface area contributed by atoms with Gasteiger partial charge in [-0.05, 0) is 37.0 Å². The molecule has 3 rings (SSSR count). The highest BCUT2D eigenvalue weighted by atomic mass is 32.2. The Morgan fingerprint density at radius 2 is 1.48 bits per heavy atom. The van der Waals surface area contributed by atoms with Gasteiger partial charge in [0.2, 0.25) is 15.9 Å². The van der Waals surface area contributed by atoms with E-state index in [-0.39, 0.29) is 34.8 Å². The molecule has 7 nitrogen and oxygen atoms in total. The number of hydrogen-bond acceptors (Lipinski definition) is 5. The summed E-state index contributed by atoms with van der Waals surface area (Å²) in [6.07, 6.45) is 1.25. The lowest BCUT2D eigenvalue weighted by atomic mass is 9.97. The van der Waals surface area contributed by atoms with Gasteiger partial charge in [-0.25, -0.2) is 21.1 Å². The van der Waals surface area contributed by atoms with Crippen LogP contribution in [0.1, 0.15) is 24.8 Å². The summed E-state index contributed by atoms with van der Waals surface area (Å²) in [6.45, 7) is 0.905. The van der Waals surface area contributed by atoms with Crippen molar-refractivity contribution in [3.8, 4) is 0 Å². The molecule has 1 amide bonds. The highest BCUT2D eigenvalue weighted by Crippen LogP contribution is 2.22. The summed E-state index contributed by atoms with van der Waals surface area (Å²) in [6, 6.07) is 17.3. The molecule has 2 aromatic carbocycles. The van der Waals surface area contributed by atoms with Crippen LogP contribution in [-0.4, -0.2) is 52.4 Å². The fourth-order valence-electron chi connectivity index (χ4n) is 3.64.